The molecule has 0 spiro atoms. The minimum Gasteiger partial charge on any atom is -0.466 e. The van der Waals surface area contributed by atoms with Crippen molar-refractivity contribution in [3.8, 4) is 0 Å². The summed E-state index contributed by atoms with van der Waals surface area (Å²) in [6.07, 6.45) is 1.59. The van der Waals surface area contributed by atoms with Crippen LogP contribution in [-0.4, -0.2) is 25.2 Å². The number of carbonyl (C=O) groups excluding carboxylic acids is 2. The Morgan fingerprint density at radius 2 is 2.00 bits per heavy atom. The second-order valence-electron chi connectivity index (χ2n) is 2.76. The number of ether oxygens (including phenoxy) is 2. The van der Waals surface area contributed by atoms with Gasteiger partial charge >= 0.3 is 11.9 Å². The number of unbranched alkanes of at least 4 members (excludes halogenated alkanes) is 1. The van der Waals surface area contributed by atoms with Gasteiger partial charge in [-0.05, 0) is 12.8 Å². The van der Waals surface area contributed by atoms with Crippen molar-refractivity contribution in [3.05, 3.63) is 0 Å². The van der Waals surface area contributed by atoms with Crippen molar-refractivity contribution in [3.63, 3.8) is 0 Å². The molecule has 0 aromatic carbocycles. The van der Waals surface area contributed by atoms with E-state index in [1.807, 2.05) is 6.92 Å². The molecule has 0 aliphatic heterocycles. The maximum atomic E-state index is 11.1. The fourth-order valence-electron chi connectivity index (χ4n) is 0.946. The van der Waals surface area contributed by atoms with Crippen LogP contribution in [0.1, 0.15) is 33.1 Å². The van der Waals surface area contributed by atoms with Crippen molar-refractivity contribution in [2.24, 2.45) is 0 Å². The lowest BCUT2D eigenvalue weighted by molar-refractivity contribution is -0.165. The molecule has 76 valence electrons. The normalized spacial score (nSPS) is 11.9. The van der Waals surface area contributed by atoms with Crippen LogP contribution in [0.2, 0.25) is 0 Å². The molecule has 1 atom stereocenters. The predicted molar refractivity (Wildman–Crippen MR) is 47.1 cm³/mol. The van der Waals surface area contributed by atoms with Gasteiger partial charge in [-0.3, -0.25) is 4.79 Å². The Bertz CT molecular complexity index is 176. The first-order valence-electron chi connectivity index (χ1n) is 4.36. The van der Waals surface area contributed by atoms with E-state index in [-0.39, 0.29) is 0 Å². The molecule has 0 aromatic rings. The maximum absolute atomic E-state index is 11.1. The third-order valence-corrected chi connectivity index (χ3v) is 1.59. The van der Waals surface area contributed by atoms with E-state index in [0.717, 1.165) is 12.8 Å². The second-order valence-corrected chi connectivity index (χ2v) is 2.76. The van der Waals surface area contributed by atoms with Crippen LogP contribution < -0.4 is 0 Å². The molecule has 4 heteroatoms. The number of carbonyl (C=O) groups is 2. The van der Waals surface area contributed by atoms with Crippen LogP contribution in [-0.2, 0) is 19.1 Å². The molecule has 0 N–H and O–H groups in total. The summed E-state index contributed by atoms with van der Waals surface area (Å²) in [5, 5.41) is 0. The molecule has 1 unspecified atom stereocenters. The summed E-state index contributed by atoms with van der Waals surface area (Å²) in [6, 6.07) is 0. The van der Waals surface area contributed by atoms with E-state index in [9.17, 15) is 9.59 Å². The fraction of sp³-hybridized carbons (Fsp3) is 0.778. The Hall–Kier alpha value is -1.06. The summed E-state index contributed by atoms with van der Waals surface area (Å²) >= 11 is 0. The maximum Gasteiger partial charge on any atom is 0.347 e. The summed E-state index contributed by atoms with van der Waals surface area (Å²) < 4.78 is 9.29. The zero-order chi connectivity index (χ0) is 10.3. The first-order valence-corrected chi connectivity index (χ1v) is 4.36. The van der Waals surface area contributed by atoms with Gasteiger partial charge < -0.3 is 9.47 Å². The summed E-state index contributed by atoms with van der Waals surface area (Å²) in [5.41, 5.74) is 0. The molecule has 0 aliphatic carbocycles. The van der Waals surface area contributed by atoms with Crippen molar-refractivity contribution >= 4 is 11.9 Å². The quantitative estimate of drug-likeness (QED) is 0.610. The molecule has 4 nitrogen and oxygen atoms in total. The van der Waals surface area contributed by atoms with Crippen molar-refractivity contribution in [2.45, 2.75) is 39.2 Å². The summed E-state index contributed by atoms with van der Waals surface area (Å²) in [6.45, 7) is 3.28. The molecule has 0 heterocycles. The fourth-order valence-corrected chi connectivity index (χ4v) is 0.946. The van der Waals surface area contributed by atoms with Gasteiger partial charge in [0.2, 0.25) is 0 Å². The van der Waals surface area contributed by atoms with Crippen LogP contribution in [0.3, 0.4) is 0 Å². The molecule has 0 saturated carbocycles. The monoisotopic (exact) mass is 188 g/mol. The average Bonchev–Trinajstić information content (AvgIpc) is 2.10. The number of methoxy groups -OCH3 is 1. The summed E-state index contributed by atoms with van der Waals surface area (Å²) in [7, 11) is 1.28. The molecule has 0 amide bonds. The molecule has 0 radical (unpaired) electrons. The van der Waals surface area contributed by atoms with Gasteiger partial charge in [0.25, 0.3) is 0 Å². The van der Waals surface area contributed by atoms with E-state index in [2.05, 4.69) is 4.74 Å². The number of esters is 2. The van der Waals surface area contributed by atoms with E-state index in [1.54, 1.807) is 0 Å². The Labute approximate surface area is 78.2 Å². The molecule has 0 bridgehead atoms. The second kappa shape index (κ2) is 6.46. The summed E-state index contributed by atoms with van der Waals surface area (Å²) in [4.78, 5) is 21.7. The molecular weight excluding hydrogens is 172 g/mol. The molecular formula is C9H16O4. The SMILES string of the molecule is CCCCC(OC(C)=O)C(=O)OC. The highest BCUT2D eigenvalue weighted by molar-refractivity contribution is 5.78. The van der Waals surface area contributed by atoms with Gasteiger partial charge in [0, 0.05) is 6.92 Å². The minimum absolute atomic E-state index is 0.452. The topological polar surface area (TPSA) is 52.6 Å². The van der Waals surface area contributed by atoms with Gasteiger partial charge in [0.15, 0.2) is 6.10 Å². The van der Waals surface area contributed by atoms with Crippen LogP contribution in [0.15, 0.2) is 0 Å². The lowest BCUT2D eigenvalue weighted by Crippen LogP contribution is -2.27. The van der Waals surface area contributed by atoms with E-state index >= 15 is 0 Å². The number of rotatable bonds is 5. The molecule has 0 aliphatic rings. The molecule has 0 fully saturated rings. The third-order valence-electron chi connectivity index (χ3n) is 1.59. The van der Waals surface area contributed by atoms with Gasteiger partial charge in [-0.15, -0.1) is 0 Å². The Balaban J connectivity index is 4.02. The van der Waals surface area contributed by atoms with Crippen LogP contribution in [0.25, 0.3) is 0 Å². The van der Waals surface area contributed by atoms with E-state index < -0.39 is 18.0 Å². The summed E-state index contributed by atoms with van der Waals surface area (Å²) in [5.74, 6) is -0.935. The van der Waals surface area contributed by atoms with Crippen LogP contribution in [0.5, 0.6) is 0 Å². The molecule has 0 rings (SSSR count). The van der Waals surface area contributed by atoms with Crippen molar-refractivity contribution in [1.82, 2.24) is 0 Å². The van der Waals surface area contributed by atoms with Crippen LogP contribution in [0.4, 0.5) is 0 Å². The zero-order valence-electron chi connectivity index (χ0n) is 8.33. The minimum atomic E-state index is -0.734. The van der Waals surface area contributed by atoms with Gasteiger partial charge in [0.05, 0.1) is 7.11 Å². The van der Waals surface area contributed by atoms with E-state index in [4.69, 9.17) is 4.74 Å². The van der Waals surface area contributed by atoms with Crippen LogP contribution in [0, 0.1) is 0 Å². The van der Waals surface area contributed by atoms with Crippen LogP contribution >= 0.6 is 0 Å². The third kappa shape index (κ3) is 5.22. The number of hydrogen-bond acceptors (Lipinski definition) is 4. The molecule has 13 heavy (non-hydrogen) atoms. The highest BCUT2D eigenvalue weighted by Crippen LogP contribution is 2.06. The highest BCUT2D eigenvalue weighted by atomic mass is 16.6. The lowest BCUT2D eigenvalue weighted by atomic mass is 10.1. The van der Waals surface area contributed by atoms with Crippen molar-refractivity contribution in [2.75, 3.05) is 7.11 Å². The molecule has 0 saturated heterocycles. The van der Waals surface area contributed by atoms with E-state index in [0.29, 0.717) is 6.42 Å². The highest BCUT2D eigenvalue weighted by Gasteiger charge is 2.21. The van der Waals surface area contributed by atoms with Gasteiger partial charge in [-0.25, -0.2) is 4.79 Å². The number of hydrogen-bond donors (Lipinski definition) is 0. The Morgan fingerprint density at radius 3 is 2.38 bits per heavy atom. The first kappa shape index (κ1) is 11.9. The lowest BCUT2D eigenvalue weighted by Gasteiger charge is -2.13. The zero-order valence-corrected chi connectivity index (χ0v) is 8.33. The molecule has 0 aromatic heterocycles. The Morgan fingerprint density at radius 1 is 1.38 bits per heavy atom. The van der Waals surface area contributed by atoms with Gasteiger partial charge in [-0.1, -0.05) is 13.3 Å². The Kier molecular flexibility index (Phi) is 5.93. The average molecular weight is 188 g/mol. The van der Waals surface area contributed by atoms with Crippen molar-refractivity contribution < 1.29 is 19.1 Å². The smallest absolute Gasteiger partial charge is 0.347 e. The predicted octanol–water partition coefficient (Wildman–Crippen LogP) is 1.28. The first-order chi connectivity index (χ1) is 6.11. The standard InChI is InChI=1S/C9H16O4/c1-4-5-6-8(9(11)12-3)13-7(2)10/h8H,4-6H2,1-3H3. The largest absolute Gasteiger partial charge is 0.466 e. The van der Waals surface area contributed by atoms with Crippen molar-refractivity contribution in [1.29, 1.82) is 0 Å². The van der Waals surface area contributed by atoms with E-state index in [1.165, 1.54) is 14.0 Å². The van der Waals surface area contributed by atoms with Gasteiger partial charge in [0.1, 0.15) is 0 Å². The van der Waals surface area contributed by atoms with Gasteiger partial charge in [-0.2, -0.15) is 0 Å².